The molecule has 0 heterocycles. The first-order valence-corrected chi connectivity index (χ1v) is 6.67. The van der Waals surface area contributed by atoms with Crippen LogP contribution in [0, 0.1) is 0 Å². The third-order valence-corrected chi connectivity index (χ3v) is 3.48. The monoisotopic (exact) mass is 279 g/mol. The predicted molar refractivity (Wildman–Crippen MR) is 83.3 cm³/mol. The van der Waals surface area contributed by atoms with Gasteiger partial charge in [0.15, 0.2) is 0 Å². The number of para-hydroxylation sites is 1. The molecule has 0 saturated heterocycles. The maximum atomic E-state index is 12.2. The minimum atomic E-state index is -0.223. The zero-order valence-electron chi connectivity index (χ0n) is 11.8. The summed E-state index contributed by atoms with van der Waals surface area (Å²) in [4.78, 5) is 14.5. The Morgan fingerprint density at radius 1 is 1.32 bits per heavy atom. The van der Waals surface area contributed by atoms with Crippen molar-refractivity contribution in [3.05, 3.63) is 29.8 Å². The van der Waals surface area contributed by atoms with E-state index in [0.29, 0.717) is 17.3 Å². The van der Waals surface area contributed by atoms with Crippen molar-refractivity contribution in [2.75, 3.05) is 12.4 Å². The summed E-state index contributed by atoms with van der Waals surface area (Å²) in [6.45, 7) is 5.97. The van der Waals surface area contributed by atoms with Crippen molar-refractivity contribution < 1.29 is 4.79 Å². The van der Waals surface area contributed by atoms with Gasteiger partial charge in [0.25, 0.3) is 0 Å². The lowest BCUT2D eigenvalue weighted by atomic mass is 10.1. The van der Waals surface area contributed by atoms with E-state index in [4.69, 9.17) is 18.0 Å². The molecule has 0 spiro atoms. The van der Waals surface area contributed by atoms with Crippen LogP contribution < -0.4 is 11.1 Å². The average molecular weight is 279 g/mol. The van der Waals surface area contributed by atoms with Crippen molar-refractivity contribution >= 4 is 28.8 Å². The lowest BCUT2D eigenvalue weighted by Gasteiger charge is -2.27. The molecule has 1 aromatic rings. The fourth-order valence-electron chi connectivity index (χ4n) is 1.68. The highest BCUT2D eigenvalue weighted by Crippen LogP contribution is 2.16. The van der Waals surface area contributed by atoms with Crippen LogP contribution in [-0.2, 0) is 4.79 Å². The molecule has 1 rings (SSSR count). The van der Waals surface area contributed by atoms with Crippen LogP contribution in [0.15, 0.2) is 24.3 Å². The van der Waals surface area contributed by atoms with Gasteiger partial charge in [0.1, 0.15) is 4.99 Å². The molecule has 3 N–H and O–H groups in total. The Bertz CT molecular complexity index is 474. The van der Waals surface area contributed by atoms with Crippen molar-refractivity contribution in [3.63, 3.8) is 0 Å². The molecule has 104 valence electrons. The molecular formula is C14H21N3OS. The van der Waals surface area contributed by atoms with Crippen LogP contribution in [0.4, 0.5) is 5.69 Å². The van der Waals surface area contributed by atoms with Crippen LogP contribution in [0.2, 0.25) is 0 Å². The third-order valence-electron chi connectivity index (χ3n) is 3.26. The summed E-state index contributed by atoms with van der Waals surface area (Å²) in [5.41, 5.74) is 6.99. The van der Waals surface area contributed by atoms with E-state index in [0.717, 1.165) is 0 Å². The molecule has 0 radical (unpaired) electrons. The van der Waals surface area contributed by atoms with E-state index in [2.05, 4.69) is 5.32 Å². The Morgan fingerprint density at radius 2 is 1.89 bits per heavy atom. The van der Waals surface area contributed by atoms with E-state index in [1.165, 1.54) is 0 Å². The van der Waals surface area contributed by atoms with Gasteiger partial charge in [-0.15, -0.1) is 0 Å². The molecule has 1 amide bonds. The number of anilines is 1. The van der Waals surface area contributed by atoms with Gasteiger partial charge in [0.2, 0.25) is 5.91 Å². The number of rotatable bonds is 5. The SMILES string of the molecule is CC(C)N(C)C(C)C(=O)Nc1ccccc1C(N)=S. The maximum Gasteiger partial charge on any atom is 0.241 e. The van der Waals surface area contributed by atoms with Gasteiger partial charge in [-0.2, -0.15) is 0 Å². The van der Waals surface area contributed by atoms with Crippen molar-refractivity contribution in [1.82, 2.24) is 4.90 Å². The molecule has 0 aliphatic heterocycles. The van der Waals surface area contributed by atoms with E-state index in [9.17, 15) is 4.79 Å². The van der Waals surface area contributed by atoms with E-state index in [1.807, 2.05) is 44.9 Å². The Hall–Kier alpha value is -1.46. The first-order valence-electron chi connectivity index (χ1n) is 6.26. The van der Waals surface area contributed by atoms with Crippen molar-refractivity contribution in [2.24, 2.45) is 5.73 Å². The average Bonchev–Trinajstić information content (AvgIpc) is 2.37. The van der Waals surface area contributed by atoms with E-state index in [1.54, 1.807) is 12.1 Å². The van der Waals surface area contributed by atoms with Gasteiger partial charge in [-0.1, -0.05) is 24.4 Å². The van der Waals surface area contributed by atoms with Crippen molar-refractivity contribution in [3.8, 4) is 0 Å². The Labute approximate surface area is 120 Å². The van der Waals surface area contributed by atoms with Gasteiger partial charge in [-0.05, 0) is 40.0 Å². The lowest BCUT2D eigenvalue weighted by molar-refractivity contribution is -0.120. The van der Waals surface area contributed by atoms with Crippen LogP contribution in [-0.4, -0.2) is 34.9 Å². The Kier molecular flexibility index (Phi) is 5.44. The summed E-state index contributed by atoms with van der Waals surface area (Å²) < 4.78 is 0. The third kappa shape index (κ3) is 4.01. The van der Waals surface area contributed by atoms with Crippen LogP contribution in [0.3, 0.4) is 0 Å². The molecule has 5 heteroatoms. The number of nitrogens with two attached hydrogens (primary N) is 1. The summed E-state index contributed by atoms with van der Waals surface area (Å²) in [6, 6.07) is 7.36. The number of carbonyl (C=O) groups is 1. The Balaban J connectivity index is 2.86. The first-order chi connectivity index (χ1) is 8.84. The standard InChI is InChI=1S/C14H21N3OS/c1-9(2)17(4)10(3)14(18)16-12-8-6-5-7-11(12)13(15)19/h5-10H,1-4H3,(H2,15,19)(H,16,18). The second kappa shape index (κ2) is 6.63. The number of nitrogens with one attached hydrogen (secondary N) is 1. The van der Waals surface area contributed by atoms with Gasteiger partial charge in [-0.25, -0.2) is 0 Å². The second-order valence-electron chi connectivity index (χ2n) is 4.83. The topological polar surface area (TPSA) is 58.4 Å². The fraction of sp³-hybridized carbons (Fsp3) is 0.429. The predicted octanol–water partition coefficient (Wildman–Crippen LogP) is 1.99. The number of likely N-dealkylation sites (N-methyl/N-ethyl adjacent to an activating group) is 1. The highest BCUT2D eigenvalue weighted by atomic mass is 32.1. The maximum absolute atomic E-state index is 12.2. The van der Waals surface area contributed by atoms with E-state index < -0.39 is 0 Å². The molecule has 1 unspecified atom stereocenters. The van der Waals surface area contributed by atoms with E-state index in [-0.39, 0.29) is 16.9 Å². The van der Waals surface area contributed by atoms with Crippen LogP contribution in [0.25, 0.3) is 0 Å². The number of benzene rings is 1. The van der Waals surface area contributed by atoms with Crippen molar-refractivity contribution in [1.29, 1.82) is 0 Å². The zero-order valence-corrected chi connectivity index (χ0v) is 12.6. The molecule has 0 aliphatic carbocycles. The van der Waals surface area contributed by atoms with Gasteiger partial charge in [-0.3, -0.25) is 9.69 Å². The molecule has 0 saturated carbocycles. The summed E-state index contributed by atoms with van der Waals surface area (Å²) in [5.74, 6) is -0.0695. The molecular weight excluding hydrogens is 258 g/mol. The Morgan fingerprint density at radius 3 is 2.42 bits per heavy atom. The molecule has 1 aromatic carbocycles. The fourth-order valence-corrected chi connectivity index (χ4v) is 1.85. The van der Waals surface area contributed by atoms with Gasteiger partial charge < -0.3 is 11.1 Å². The minimum Gasteiger partial charge on any atom is -0.389 e. The van der Waals surface area contributed by atoms with Crippen molar-refractivity contribution in [2.45, 2.75) is 32.9 Å². The smallest absolute Gasteiger partial charge is 0.241 e. The normalized spacial score (nSPS) is 12.5. The molecule has 19 heavy (non-hydrogen) atoms. The second-order valence-corrected chi connectivity index (χ2v) is 5.27. The number of hydrogen-bond acceptors (Lipinski definition) is 3. The van der Waals surface area contributed by atoms with E-state index >= 15 is 0 Å². The molecule has 4 nitrogen and oxygen atoms in total. The van der Waals surface area contributed by atoms with Gasteiger partial charge in [0.05, 0.1) is 11.7 Å². The van der Waals surface area contributed by atoms with Gasteiger partial charge >= 0.3 is 0 Å². The van der Waals surface area contributed by atoms with Gasteiger partial charge in [0, 0.05) is 11.6 Å². The molecule has 0 aliphatic rings. The zero-order chi connectivity index (χ0) is 14.6. The number of thiocarbonyl (C=S) groups is 1. The summed E-state index contributed by atoms with van der Waals surface area (Å²) in [6.07, 6.45) is 0. The summed E-state index contributed by atoms with van der Waals surface area (Å²) in [5, 5.41) is 2.88. The largest absolute Gasteiger partial charge is 0.389 e. The number of nitrogens with zero attached hydrogens (tertiary/aromatic N) is 1. The first kappa shape index (κ1) is 15.6. The molecule has 0 aromatic heterocycles. The summed E-state index contributed by atoms with van der Waals surface area (Å²) >= 11 is 4.98. The number of carbonyl (C=O) groups excluding carboxylic acids is 1. The highest BCUT2D eigenvalue weighted by Gasteiger charge is 2.20. The quantitative estimate of drug-likeness (QED) is 0.809. The number of amides is 1. The number of hydrogen-bond donors (Lipinski definition) is 2. The molecule has 0 fully saturated rings. The minimum absolute atomic E-state index is 0.0695. The molecule has 0 bridgehead atoms. The lowest BCUT2D eigenvalue weighted by Crippen LogP contribution is -2.43. The van der Waals surface area contributed by atoms with Crippen LogP contribution in [0.5, 0.6) is 0 Å². The van der Waals surface area contributed by atoms with Crippen LogP contribution >= 0.6 is 12.2 Å². The highest BCUT2D eigenvalue weighted by molar-refractivity contribution is 7.80. The molecule has 1 atom stereocenters. The van der Waals surface area contributed by atoms with Crippen LogP contribution in [0.1, 0.15) is 26.3 Å². The summed E-state index contributed by atoms with van der Waals surface area (Å²) in [7, 11) is 1.92.